The quantitative estimate of drug-likeness (QED) is 0.0262. The maximum atomic E-state index is 12.8. The number of carbonyl (C=O) groups excluding carboxylic acids is 3. The number of ether oxygens (including phenoxy) is 3. The van der Waals surface area contributed by atoms with E-state index < -0.39 is 6.10 Å². The lowest BCUT2D eigenvalue weighted by Crippen LogP contribution is -2.30. The third kappa shape index (κ3) is 48.7. The van der Waals surface area contributed by atoms with E-state index in [1.807, 2.05) is 0 Å². The molecule has 1 unspecified atom stereocenters. The number of hydrogen-bond acceptors (Lipinski definition) is 6. The van der Waals surface area contributed by atoms with Gasteiger partial charge < -0.3 is 14.2 Å². The summed E-state index contributed by atoms with van der Waals surface area (Å²) < 4.78 is 16.8. The van der Waals surface area contributed by atoms with Gasteiger partial charge in [-0.2, -0.15) is 0 Å². The summed E-state index contributed by atoms with van der Waals surface area (Å²) in [5.74, 6) is -0.905. The number of hydrogen-bond donors (Lipinski definition) is 0. The normalized spacial score (nSPS) is 12.2. The Morgan fingerprint density at radius 1 is 0.339 bits per heavy atom. The third-order valence-corrected chi connectivity index (χ3v) is 11.9. The van der Waals surface area contributed by atoms with Crippen LogP contribution < -0.4 is 0 Å². The van der Waals surface area contributed by atoms with E-state index in [9.17, 15) is 14.4 Å². The number of carbonyl (C=O) groups is 3. The topological polar surface area (TPSA) is 78.9 Å². The first kappa shape index (κ1) is 59.6. The van der Waals surface area contributed by atoms with E-state index in [1.54, 1.807) is 0 Å². The molecule has 0 aromatic carbocycles. The zero-order valence-corrected chi connectivity index (χ0v) is 41.4. The van der Waals surface area contributed by atoms with Crippen molar-refractivity contribution in [3.8, 4) is 0 Å². The van der Waals surface area contributed by atoms with Crippen LogP contribution in [0.3, 0.4) is 0 Å². The second-order valence-corrected chi connectivity index (χ2v) is 18.1. The molecule has 0 aromatic heterocycles. The first-order chi connectivity index (χ1) is 30.5. The van der Waals surface area contributed by atoms with Gasteiger partial charge in [-0.15, -0.1) is 0 Å². The second kappa shape index (κ2) is 51.3. The monoisotopic (exact) mass is 871 g/mol. The average molecular weight is 871 g/mol. The van der Waals surface area contributed by atoms with Crippen molar-refractivity contribution in [3.05, 3.63) is 36.5 Å². The molecule has 0 bridgehead atoms. The van der Waals surface area contributed by atoms with Gasteiger partial charge in [0, 0.05) is 19.3 Å². The summed E-state index contributed by atoms with van der Waals surface area (Å²) in [4.78, 5) is 38.0. The molecule has 1 atom stereocenters. The molecule has 0 rings (SSSR count). The molecular weight excluding hydrogens is 769 g/mol. The van der Waals surface area contributed by atoms with Crippen LogP contribution in [0.25, 0.3) is 0 Å². The third-order valence-electron chi connectivity index (χ3n) is 11.9. The molecule has 62 heavy (non-hydrogen) atoms. The molecule has 0 aliphatic rings. The van der Waals surface area contributed by atoms with Crippen molar-refractivity contribution in [1.29, 1.82) is 0 Å². The van der Waals surface area contributed by atoms with Crippen molar-refractivity contribution < 1.29 is 28.6 Å². The van der Waals surface area contributed by atoms with Crippen LogP contribution in [0.1, 0.15) is 284 Å². The molecule has 0 saturated heterocycles. The zero-order chi connectivity index (χ0) is 45.1. The van der Waals surface area contributed by atoms with Gasteiger partial charge in [0.2, 0.25) is 0 Å². The number of esters is 3. The highest BCUT2D eigenvalue weighted by atomic mass is 16.6. The Bertz CT molecular complexity index is 1050. The average Bonchev–Trinajstić information content (AvgIpc) is 3.27. The van der Waals surface area contributed by atoms with E-state index in [1.165, 1.54) is 167 Å². The number of rotatable bonds is 49. The van der Waals surface area contributed by atoms with Crippen LogP contribution in [-0.2, 0) is 28.6 Å². The minimum Gasteiger partial charge on any atom is -0.462 e. The predicted molar refractivity (Wildman–Crippen MR) is 266 cm³/mol. The van der Waals surface area contributed by atoms with Crippen molar-refractivity contribution in [1.82, 2.24) is 0 Å². The van der Waals surface area contributed by atoms with Gasteiger partial charge in [0.05, 0.1) is 0 Å². The lowest BCUT2D eigenvalue weighted by molar-refractivity contribution is -0.167. The summed E-state index contributed by atoms with van der Waals surface area (Å²) in [5, 5.41) is 0. The van der Waals surface area contributed by atoms with Gasteiger partial charge in [-0.25, -0.2) is 0 Å². The SMILES string of the molecule is CC/C=C\C/C=C\C/C=C\CCCCC(=O)OCC(COC(=O)CCCCCCCCCCCCCCCCCC)OC(=O)CCCCCCCCCCCCCCCCCC. The summed E-state index contributed by atoms with van der Waals surface area (Å²) in [5.41, 5.74) is 0. The molecule has 0 spiro atoms. The lowest BCUT2D eigenvalue weighted by Gasteiger charge is -2.18. The van der Waals surface area contributed by atoms with Crippen molar-refractivity contribution in [3.63, 3.8) is 0 Å². The van der Waals surface area contributed by atoms with E-state index in [4.69, 9.17) is 14.2 Å². The Morgan fingerprint density at radius 2 is 0.629 bits per heavy atom. The summed E-state index contributed by atoms with van der Waals surface area (Å²) in [6, 6.07) is 0. The zero-order valence-electron chi connectivity index (χ0n) is 41.4. The number of allylic oxidation sites excluding steroid dienone is 6. The molecule has 0 aliphatic heterocycles. The van der Waals surface area contributed by atoms with Gasteiger partial charge in [0.25, 0.3) is 0 Å². The summed E-state index contributed by atoms with van der Waals surface area (Å²) in [7, 11) is 0. The van der Waals surface area contributed by atoms with Crippen LogP contribution in [0.5, 0.6) is 0 Å². The molecular formula is C56H102O6. The summed E-state index contributed by atoms with van der Waals surface area (Å²) >= 11 is 0. The van der Waals surface area contributed by atoms with Crippen molar-refractivity contribution in [2.45, 2.75) is 290 Å². The minimum atomic E-state index is -0.782. The van der Waals surface area contributed by atoms with Crippen LogP contribution in [0.4, 0.5) is 0 Å². The molecule has 0 N–H and O–H groups in total. The van der Waals surface area contributed by atoms with E-state index in [0.717, 1.165) is 77.0 Å². The van der Waals surface area contributed by atoms with Crippen LogP contribution in [0.2, 0.25) is 0 Å². The Hall–Kier alpha value is -2.37. The van der Waals surface area contributed by atoms with E-state index in [0.29, 0.717) is 19.3 Å². The van der Waals surface area contributed by atoms with E-state index in [2.05, 4.69) is 57.2 Å². The van der Waals surface area contributed by atoms with Gasteiger partial charge in [-0.1, -0.05) is 250 Å². The molecule has 0 heterocycles. The van der Waals surface area contributed by atoms with E-state index >= 15 is 0 Å². The highest BCUT2D eigenvalue weighted by Crippen LogP contribution is 2.17. The van der Waals surface area contributed by atoms with Gasteiger partial charge >= 0.3 is 17.9 Å². The van der Waals surface area contributed by atoms with Crippen LogP contribution in [-0.4, -0.2) is 37.2 Å². The summed E-state index contributed by atoms with van der Waals surface area (Å²) in [6.07, 6.45) is 59.9. The Labute approximate surface area is 385 Å². The Kier molecular flexibility index (Phi) is 49.3. The first-order valence-electron chi connectivity index (χ1n) is 27.0. The van der Waals surface area contributed by atoms with Gasteiger partial charge in [-0.3, -0.25) is 14.4 Å². The largest absolute Gasteiger partial charge is 0.462 e. The van der Waals surface area contributed by atoms with Crippen LogP contribution in [0, 0.1) is 0 Å². The summed E-state index contributed by atoms with van der Waals surface area (Å²) in [6.45, 7) is 6.53. The van der Waals surface area contributed by atoms with Crippen molar-refractivity contribution in [2.75, 3.05) is 13.2 Å². The van der Waals surface area contributed by atoms with E-state index in [-0.39, 0.29) is 31.1 Å². The molecule has 6 nitrogen and oxygen atoms in total. The smallest absolute Gasteiger partial charge is 0.306 e. The molecule has 362 valence electrons. The molecule has 6 heteroatoms. The van der Waals surface area contributed by atoms with Gasteiger partial charge in [0.1, 0.15) is 13.2 Å². The molecule has 0 aromatic rings. The fourth-order valence-corrected chi connectivity index (χ4v) is 7.87. The van der Waals surface area contributed by atoms with Gasteiger partial charge in [0.15, 0.2) is 6.10 Å². The standard InChI is InChI=1S/C56H102O6/c1-4-7-10-13-16-19-22-25-27-29-31-34-37-40-43-46-49-55(58)61-52-53(51-60-54(57)48-45-42-39-36-33-24-21-18-15-12-9-6-3)62-56(59)50-47-44-41-38-35-32-30-28-26-23-20-17-14-11-8-5-2/h9,12,18,21,33,36,53H,4-8,10-11,13-17,19-20,22-32,34-35,37-52H2,1-3H3/b12-9-,21-18-,36-33-. The number of unbranched alkanes of at least 4 members (excludes halogenated alkanes) is 32. The fourth-order valence-electron chi connectivity index (χ4n) is 7.87. The predicted octanol–water partition coefficient (Wildman–Crippen LogP) is 17.7. The maximum absolute atomic E-state index is 12.8. The molecule has 0 aliphatic carbocycles. The fraction of sp³-hybridized carbons (Fsp3) is 0.839. The maximum Gasteiger partial charge on any atom is 0.306 e. The molecule has 0 fully saturated rings. The van der Waals surface area contributed by atoms with Crippen molar-refractivity contribution in [2.24, 2.45) is 0 Å². The van der Waals surface area contributed by atoms with Crippen molar-refractivity contribution >= 4 is 17.9 Å². The van der Waals surface area contributed by atoms with Gasteiger partial charge in [-0.05, 0) is 51.4 Å². The molecule has 0 saturated carbocycles. The highest BCUT2D eigenvalue weighted by Gasteiger charge is 2.19. The molecule has 0 radical (unpaired) electrons. The van der Waals surface area contributed by atoms with Crippen LogP contribution >= 0.6 is 0 Å². The lowest BCUT2D eigenvalue weighted by atomic mass is 10.0. The second-order valence-electron chi connectivity index (χ2n) is 18.1. The minimum absolute atomic E-state index is 0.0796. The first-order valence-corrected chi connectivity index (χ1v) is 27.0. The Balaban J connectivity index is 4.35. The highest BCUT2D eigenvalue weighted by molar-refractivity contribution is 5.71. The molecule has 0 amide bonds. The Morgan fingerprint density at radius 3 is 0.984 bits per heavy atom. The van der Waals surface area contributed by atoms with Crippen LogP contribution in [0.15, 0.2) is 36.5 Å².